The Kier molecular flexibility index (Phi) is 1.52. The molecule has 1 aromatic carbocycles. The summed E-state index contributed by atoms with van der Waals surface area (Å²) in [6, 6.07) is 5.65. The van der Waals surface area contributed by atoms with E-state index in [2.05, 4.69) is 6.07 Å². The maximum Gasteiger partial charge on any atom is 0.124 e. The summed E-state index contributed by atoms with van der Waals surface area (Å²) in [6.07, 6.45) is 0. The molecule has 0 aliphatic carbocycles. The minimum Gasteiger partial charge on any atom is -0.207 e. The summed E-state index contributed by atoms with van der Waals surface area (Å²) in [5, 5.41) is 0. The van der Waals surface area contributed by atoms with Crippen LogP contribution in [0.3, 0.4) is 0 Å². The number of benzene rings is 1. The molecular formula is C8H8F. The van der Waals surface area contributed by atoms with Crippen LogP contribution in [0.25, 0.3) is 0 Å². The van der Waals surface area contributed by atoms with Crippen molar-refractivity contribution in [3.05, 3.63) is 35.1 Å². The molecule has 0 spiro atoms. The molecule has 0 heterocycles. The maximum absolute atomic E-state index is 12.3. The topological polar surface area (TPSA) is 0 Å². The average Bonchev–Trinajstić information content (AvgIpc) is 1.80. The summed E-state index contributed by atoms with van der Waals surface area (Å²) in [5.41, 5.74) is 1.96. The number of halogens is 1. The second kappa shape index (κ2) is 2.18. The second-order valence-electron chi connectivity index (χ2n) is 2.13. The predicted molar refractivity (Wildman–Crippen MR) is 34.7 cm³/mol. The highest BCUT2D eigenvalue weighted by atomic mass is 19.1. The Morgan fingerprint density at radius 3 is 2.56 bits per heavy atom. The van der Waals surface area contributed by atoms with E-state index in [4.69, 9.17) is 0 Å². The van der Waals surface area contributed by atoms with E-state index in [0.717, 1.165) is 11.1 Å². The predicted octanol–water partition coefficient (Wildman–Crippen LogP) is 2.24. The van der Waals surface area contributed by atoms with Crippen LogP contribution in [0.4, 0.5) is 4.39 Å². The zero-order valence-electron chi connectivity index (χ0n) is 5.53. The Bertz CT molecular complexity index is 216. The van der Waals surface area contributed by atoms with Crippen LogP contribution in [0.5, 0.6) is 0 Å². The largest absolute Gasteiger partial charge is 0.207 e. The first-order chi connectivity index (χ1) is 4.20. The Morgan fingerprint density at radius 2 is 2.11 bits per heavy atom. The highest BCUT2D eigenvalue weighted by Crippen LogP contribution is 2.06. The van der Waals surface area contributed by atoms with Crippen LogP contribution in [-0.2, 0) is 0 Å². The molecule has 0 bridgehead atoms. The smallest absolute Gasteiger partial charge is 0.124 e. The van der Waals surface area contributed by atoms with Gasteiger partial charge in [-0.15, -0.1) is 0 Å². The fourth-order valence-corrected chi connectivity index (χ4v) is 0.648. The monoisotopic (exact) mass is 123 g/mol. The molecule has 0 aliphatic rings. The van der Waals surface area contributed by atoms with Gasteiger partial charge in [0.25, 0.3) is 0 Å². The van der Waals surface area contributed by atoms with Gasteiger partial charge in [-0.1, -0.05) is 0 Å². The molecule has 0 aromatic heterocycles. The highest BCUT2D eigenvalue weighted by molar-refractivity contribution is 5.23. The van der Waals surface area contributed by atoms with Gasteiger partial charge >= 0.3 is 0 Å². The van der Waals surface area contributed by atoms with E-state index in [0.29, 0.717) is 0 Å². The SMILES string of the molecule is Cc1[c]cc(F)cc1C. The van der Waals surface area contributed by atoms with E-state index >= 15 is 0 Å². The Labute approximate surface area is 54.3 Å². The first kappa shape index (κ1) is 6.27. The zero-order chi connectivity index (χ0) is 6.85. The number of hydrogen-bond acceptors (Lipinski definition) is 0. The van der Waals surface area contributed by atoms with E-state index < -0.39 is 0 Å². The van der Waals surface area contributed by atoms with Crippen molar-refractivity contribution >= 4 is 0 Å². The van der Waals surface area contributed by atoms with Gasteiger partial charge in [-0.05, 0) is 43.2 Å². The lowest BCUT2D eigenvalue weighted by molar-refractivity contribution is 0.626. The van der Waals surface area contributed by atoms with Gasteiger partial charge in [-0.3, -0.25) is 0 Å². The van der Waals surface area contributed by atoms with Crippen LogP contribution in [-0.4, -0.2) is 0 Å². The van der Waals surface area contributed by atoms with Gasteiger partial charge in [-0.2, -0.15) is 0 Å². The molecular weight excluding hydrogens is 115 g/mol. The lowest BCUT2D eigenvalue weighted by Crippen LogP contribution is -1.81. The average molecular weight is 123 g/mol. The minimum atomic E-state index is -0.210. The second-order valence-corrected chi connectivity index (χ2v) is 2.13. The van der Waals surface area contributed by atoms with Gasteiger partial charge in [-0.25, -0.2) is 4.39 Å². The van der Waals surface area contributed by atoms with E-state index in [-0.39, 0.29) is 5.82 Å². The van der Waals surface area contributed by atoms with Crippen molar-refractivity contribution in [3.8, 4) is 0 Å². The maximum atomic E-state index is 12.3. The van der Waals surface area contributed by atoms with Gasteiger partial charge in [0, 0.05) is 0 Å². The molecule has 0 atom stereocenters. The van der Waals surface area contributed by atoms with Crippen molar-refractivity contribution in [1.82, 2.24) is 0 Å². The summed E-state index contributed by atoms with van der Waals surface area (Å²) in [5.74, 6) is -0.210. The van der Waals surface area contributed by atoms with Crippen molar-refractivity contribution in [2.24, 2.45) is 0 Å². The van der Waals surface area contributed by atoms with Crippen LogP contribution in [0.2, 0.25) is 0 Å². The van der Waals surface area contributed by atoms with Crippen LogP contribution in [0.15, 0.2) is 12.1 Å². The van der Waals surface area contributed by atoms with Gasteiger partial charge in [0.1, 0.15) is 5.82 Å². The van der Waals surface area contributed by atoms with E-state index in [1.54, 1.807) is 0 Å². The van der Waals surface area contributed by atoms with Gasteiger partial charge in [0.05, 0.1) is 0 Å². The van der Waals surface area contributed by atoms with E-state index in [1.807, 2.05) is 13.8 Å². The molecule has 0 amide bonds. The molecule has 1 rings (SSSR count). The number of rotatable bonds is 0. The summed E-state index contributed by atoms with van der Waals surface area (Å²) < 4.78 is 12.3. The normalized spacial score (nSPS) is 9.67. The van der Waals surface area contributed by atoms with Gasteiger partial charge in [0.15, 0.2) is 0 Å². The first-order valence-corrected chi connectivity index (χ1v) is 2.84. The number of aryl methyl sites for hydroxylation is 2. The van der Waals surface area contributed by atoms with Crippen LogP contribution in [0, 0.1) is 25.7 Å². The van der Waals surface area contributed by atoms with Crippen molar-refractivity contribution < 1.29 is 4.39 Å². The fraction of sp³-hybridized carbons (Fsp3) is 0.250. The summed E-state index contributed by atoms with van der Waals surface area (Å²) >= 11 is 0. The molecule has 47 valence electrons. The molecule has 0 aliphatic heterocycles. The summed E-state index contributed by atoms with van der Waals surface area (Å²) in [6.45, 7) is 3.78. The minimum absolute atomic E-state index is 0.210. The molecule has 0 saturated heterocycles. The highest BCUT2D eigenvalue weighted by Gasteiger charge is 1.92. The summed E-state index contributed by atoms with van der Waals surface area (Å²) in [7, 11) is 0. The molecule has 1 radical (unpaired) electrons. The zero-order valence-corrected chi connectivity index (χ0v) is 5.53. The Hall–Kier alpha value is -0.850. The lowest BCUT2D eigenvalue weighted by atomic mass is 10.1. The standard InChI is InChI=1S/C8H8F/c1-6-3-4-8(9)5-7(6)2/h4-5H,1-2H3. The summed E-state index contributed by atoms with van der Waals surface area (Å²) in [4.78, 5) is 0. The molecule has 1 heteroatoms. The molecule has 9 heavy (non-hydrogen) atoms. The van der Waals surface area contributed by atoms with Gasteiger partial charge < -0.3 is 0 Å². The fourth-order valence-electron chi connectivity index (χ4n) is 0.648. The van der Waals surface area contributed by atoms with Crippen molar-refractivity contribution in [3.63, 3.8) is 0 Å². The third-order valence-corrected chi connectivity index (χ3v) is 1.37. The molecule has 0 unspecified atom stereocenters. The third kappa shape index (κ3) is 1.28. The van der Waals surface area contributed by atoms with Crippen molar-refractivity contribution in [1.29, 1.82) is 0 Å². The van der Waals surface area contributed by atoms with Gasteiger partial charge in [0.2, 0.25) is 0 Å². The van der Waals surface area contributed by atoms with Crippen molar-refractivity contribution in [2.75, 3.05) is 0 Å². The molecule has 0 fully saturated rings. The molecule has 1 aromatic rings. The third-order valence-electron chi connectivity index (χ3n) is 1.37. The van der Waals surface area contributed by atoms with Crippen molar-refractivity contribution in [2.45, 2.75) is 13.8 Å². The van der Waals surface area contributed by atoms with E-state index in [1.165, 1.54) is 12.1 Å². The Balaban J connectivity index is 3.17. The molecule has 0 N–H and O–H groups in total. The number of hydrogen-bond donors (Lipinski definition) is 0. The quantitative estimate of drug-likeness (QED) is 0.496. The molecule has 0 nitrogen and oxygen atoms in total. The molecule has 0 saturated carbocycles. The van der Waals surface area contributed by atoms with Crippen LogP contribution in [0.1, 0.15) is 11.1 Å². The first-order valence-electron chi connectivity index (χ1n) is 2.84. The lowest BCUT2D eigenvalue weighted by Gasteiger charge is -1.95. The van der Waals surface area contributed by atoms with Crippen LogP contribution >= 0.6 is 0 Å². The van der Waals surface area contributed by atoms with Crippen LogP contribution < -0.4 is 0 Å². The Morgan fingerprint density at radius 1 is 1.44 bits per heavy atom. The van der Waals surface area contributed by atoms with E-state index in [9.17, 15) is 4.39 Å².